The van der Waals surface area contributed by atoms with E-state index in [1.807, 2.05) is 0 Å². The summed E-state index contributed by atoms with van der Waals surface area (Å²) in [6, 6.07) is 5.41. The third kappa shape index (κ3) is 4.97. The van der Waals surface area contributed by atoms with Crippen LogP contribution < -0.4 is 16.0 Å². The average molecular weight is 341 g/mol. The van der Waals surface area contributed by atoms with Crippen LogP contribution in [-0.2, 0) is 4.79 Å². The van der Waals surface area contributed by atoms with Gasteiger partial charge in [0.2, 0.25) is 11.0 Å². The van der Waals surface area contributed by atoms with Crippen LogP contribution in [0.15, 0.2) is 28.6 Å². The Morgan fingerprint density at radius 3 is 2.91 bits per heavy atom. The average Bonchev–Trinajstić information content (AvgIpc) is 2.92. The first-order valence-electron chi connectivity index (χ1n) is 6.07. The summed E-state index contributed by atoms with van der Waals surface area (Å²) in [5, 5.41) is 15.6. The molecule has 0 radical (unpaired) electrons. The van der Waals surface area contributed by atoms with Crippen molar-refractivity contribution in [3.63, 3.8) is 0 Å². The molecule has 10 heteroatoms. The number of thioether (sulfide) groups is 1. The minimum atomic E-state index is -0.559. The molecule has 0 saturated heterocycles. The third-order valence-corrected chi connectivity index (χ3v) is 4.26. The number of carbonyl (C=O) groups excluding carboxylic acids is 2. The third-order valence-electron chi connectivity index (χ3n) is 2.29. The van der Waals surface area contributed by atoms with Gasteiger partial charge in [0.25, 0.3) is 0 Å². The van der Waals surface area contributed by atoms with Crippen molar-refractivity contribution in [1.82, 2.24) is 20.8 Å². The molecule has 22 heavy (non-hydrogen) atoms. The molecule has 0 aliphatic rings. The number of aromatic nitrogens is 2. The van der Waals surface area contributed by atoms with Crippen LogP contribution in [0.1, 0.15) is 0 Å². The zero-order valence-electron chi connectivity index (χ0n) is 11.4. The molecular weight excluding hydrogens is 329 g/mol. The Morgan fingerprint density at radius 1 is 1.36 bits per heavy atom. The smallest absolute Gasteiger partial charge is 0.321 e. The molecule has 3 N–H and O–H groups in total. The molecule has 2 aromatic rings. The summed E-state index contributed by atoms with van der Waals surface area (Å²) in [6.45, 7) is 0. The van der Waals surface area contributed by atoms with Gasteiger partial charge in [-0.25, -0.2) is 9.18 Å². The number of carbonyl (C=O) groups is 2. The Bertz CT molecular complexity index is 679. The fourth-order valence-corrected chi connectivity index (χ4v) is 2.93. The van der Waals surface area contributed by atoms with E-state index in [1.165, 1.54) is 30.5 Å². The van der Waals surface area contributed by atoms with Gasteiger partial charge < -0.3 is 10.6 Å². The van der Waals surface area contributed by atoms with Gasteiger partial charge in [0.1, 0.15) is 5.82 Å². The maximum absolute atomic E-state index is 13.1. The predicted molar refractivity (Wildman–Crippen MR) is 82.9 cm³/mol. The first kappa shape index (κ1) is 16.2. The second kappa shape index (κ2) is 7.71. The minimum Gasteiger partial charge on any atom is -0.341 e. The monoisotopic (exact) mass is 341 g/mol. The molecule has 0 unspecified atom stereocenters. The maximum Gasteiger partial charge on any atom is 0.321 e. The molecule has 0 bridgehead atoms. The van der Waals surface area contributed by atoms with E-state index in [-0.39, 0.29) is 11.6 Å². The highest BCUT2D eigenvalue weighted by Crippen LogP contribution is 2.27. The van der Waals surface area contributed by atoms with E-state index in [9.17, 15) is 14.0 Å². The van der Waals surface area contributed by atoms with E-state index in [0.717, 1.165) is 11.8 Å². The van der Waals surface area contributed by atoms with Crippen LogP contribution in [0.4, 0.5) is 20.0 Å². The lowest BCUT2D eigenvalue weighted by Gasteiger charge is -2.01. The number of hydrogen-bond acceptors (Lipinski definition) is 7. The highest BCUT2D eigenvalue weighted by atomic mass is 32.2. The SMILES string of the molecule is CNC(=O)NC(=O)CSc1nnc(Nc2cccc(F)c2)s1. The number of hydrogen-bond donors (Lipinski definition) is 3. The molecule has 1 aromatic carbocycles. The van der Waals surface area contributed by atoms with Crippen molar-refractivity contribution in [3.05, 3.63) is 30.1 Å². The highest BCUT2D eigenvalue weighted by Gasteiger charge is 2.10. The lowest BCUT2D eigenvalue weighted by molar-refractivity contribution is -0.117. The van der Waals surface area contributed by atoms with E-state index in [4.69, 9.17) is 0 Å². The van der Waals surface area contributed by atoms with E-state index < -0.39 is 11.9 Å². The molecule has 0 spiro atoms. The molecule has 0 fully saturated rings. The minimum absolute atomic E-state index is 0.0437. The zero-order chi connectivity index (χ0) is 15.9. The lowest BCUT2D eigenvalue weighted by atomic mass is 10.3. The Labute approximate surface area is 133 Å². The van der Waals surface area contributed by atoms with Crippen LogP contribution in [0.2, 0.25) is 0 Å². The summed E-state index contributed by atoms with van der Waals surface area (Å²) in [4.78, 5) is 22.4. The van der Waals surface area contributed by atoms with Crippen LogP contribution >= 0.6 is 23.1 Å². The number of rotatable bonds is 5. The van der Waals surface area contributed by atoms with Gasteiger partial charge >= 0.3 is 6.03 Å². The van der Waals surface area contributed by atoms with Crippen LogP contribution in [0.25, 0.3) is 0 Å². The second-order valence-electron chi connectivity index (χ2n) is 3.92. The standard InChI is InChI=1S/C12H12FN5O2S2/c1-14-10(20)16-9(19)6-21-12-18-17-11(22-12)15-8-4-2-3-7(13)5-8/h2-5H,6H2,1H3,(H,15,17)(H2,14,16,19,20). The number of nitrogens with one attached hydrogen (secondary N) is 3. The Hall–Kier alpha value is -2.20. The number of imide groups is 1. The predicted octanol–water partition coefficient (Wildman–Crippen LogP) is 1.97. The van der Waals surface area contributed by atoms with Crippen LogP contribution in [0.5, 0.6) is 0 Å². The molecule has 0 aliphatic carbocycles. The number of amides is 3. The van der Waals surface area contributed by atoms with Gasteiger partial charge in [0.05, 0.1) is 5.75 Å². The van der Waals surface area contributed by atoms with Crippen LogP contribution in [-0.4, -0.2) is 34.9 Å². The van der Waals surface area contributed by atoms with E-state index in [2.05, 4.69) is 26.1 Å². The van der Waals surface area contributed by atoms with E-state index >= 15 is 0 Å². The van der Waals surface area contributed by atoms with Gasteiger partial charge in [-0.2, -0.15) is 0 Å². The van der Waals surface area contributed by atoms with Gasteiger partial charge in [0, 0.05) is 12.7 Å². The second-order valence-corrected chi connectivity index (χ2v) is 6.12. The summed E-state index contributed by atoms with van der Waals surface area (Å²) in [5.41, 5.74) is 0.560. The summed E-state index contributed by atoms with van der Waals surface area (Å²) < 4.78 is 13.6. The molecule has 0 aliphatic heterocycles. The largest absolute Gasteiger partial charge is 0.341 e. The quantitative estimate of drug-likeness (QED) is 0.720. The number of urea groups is 1. The Balaban J connectivity index is 1.86. The highest BCUT2D eigenvalue weighted by molar-refractivity contribution is 8.01. The number of benzene rings is 1. The van der Waals surface area contributed by atoms with Crippen molar-refractivity contribution in [1.29, 1.82) is 0 Å². The fraction of sp³-hybridized carbons (Fsp3) is 0.167. The summed E-state index contributed by atoms with van der Waals surface area (Å²) in [6.07, 6.45) is 0. The van der Waals surface area contributed by atoms with Crippen LogP contribution in [0.3, 0.4) is 0 Å². The molecular formula is C12H12FN5O2S2. The number of nitrogens with zero attached hydrogens (tertiary/aromatic N) is 2. The molecule has 7 nitrogen and oxygen atoms in total. The normalized spacial score (nSPS) is 10.1. The molecule has 3 amide bonds. The molecule has 1 aromatic heterocycles. The maximum atomic E-state index is 13.1. The van der Waals surface area contributed by atoms with Crippen molar-refractivity contribution >= 4 is 45.9 Å². The molecule has 116 valence electrons. The fourth-order valence-electron chi connectivity index (χ4n) is 1.36. The van der Waals surface area contributed by atoms with E-state index in [1.54, 1.807) is 12.1 Å². The zero-order valence-corrected chi connectivity index (χ0v) is 13.1. The lowest BCUT2D eigenvalue weighted by Crippen LogP contribution is -2.38. The summed E-state index contributed by atoms with van der Waals surface area (Å²) in [7, 11) is 1.42. The van der Waals surface area contributed by atoms with Crippen molar-refractivity contribution < 1.29 is 14.0 Å². The van der Waals surface area contributed by atoms with Gasteiger partial charge in [-0.3, -0.25) is 10.1 Å². The molecule has 0 atom stereocenters. The van der Waals surface area contributed by atoms with Crippen molar-refractivity contribution in [2.75, 3.05) is 18.1 Å². The first-order valence-corrected chi connectivity index (χ1v) is 7.87. The Morgan fingerprint density at radius 2 is 2.18 bits per heavy atom. The molecule has 2 rings (SSSR count). The van der Waals surface area contributed by atoms with Crippen molar-refractivity contribution in [2.24, 2.45) is 0 Å². The summed E-state index contributed by atoms with van der Waals surface area (Å²) >= 11 is 2.38. The van der Waals surface area contributed by atoms with Crippen molar-refractivity contribution in [2.45, 2.75) is 4.34 Å². The first-order chi connectivity index (χ1) is 10.6. The van der Waals surface area contributed by atoms with E-state index in [0.29, 0.717) is 15.2 Å². The Kier molecular flexibility index (Phi) is 5.67. The topological polar surface area (TPSA) is 96.0 Å². The van der Waals surface area contributed by atoms with Gasteiger partial charge in [-0.05, 0) is 18.2 Å². The summed E-state index contributed by atoms with van der Waals surface area (Å²) in [5.74, 6) is -0.740. The van der Waals surface area contributed by atoms with Crippen molar-refractivity contribution in [3.8, 4) is 0 Å². The van der Waals surface area contributed by atoms with Crippen LogP contribution in [0, 0.1) is 5.82 Å². The van der Waals surface area contributed by atoms with Gasteiger partial charge in [0.15, 0.2) is 4.34 Å². The number of anilines is 2. The number of halogens is 1. The van der Waals surface area contributed by atoms with Gasteiger partial charge in [-0.1, -0.05) is 29.2 Å². The molecule has 1 heterocycles. The molecule has 0 saturated carbocycles. The van der Waals surface area contributed by atoms with Gasteiger partial charge in [-0.15, -0.1) is 10.2 Å².